The minimum Gasteiger partial charge on any atom is -0.478 e. The summed E-state index contributed by atoms with van der Waals surface area (Å²) < 4.78 is 5.07. The quantitative estimate of drug-likeness (QED) is 0.674. The number of hydrogen-bond acceptors (Lipinski definition) is 1. The fourth-order valence-electron chi connectivity index (χ4n) is 0.884. The van der Waals surface area contributed by atoms with Crippen molar-refractivity contribution in [1.29, 1.82) is 0 Å². The van der Waals surface area contributed by atoms with Gasteiger partial charge in [-0.3, -0.25) is 0 Å². The van der Waals surface area contributed by atoms with Gasteiger partial charge in [0, 0.05) is 0 Å². The van der Waals surface area contributed by atoms with E-state index >= 15 is 0 Å². The predicted molar refractivity (Wildman–Crippen MR) is 58.5 cm³/mol. The van der Waals surface area contributed by atoms with Crippen LogP contribution in [0.2, 0.25) is 0 Å². The lowest BCUT2D eigenvalue weighted by Gasteiger charge is -2.01. The first-order valence-corrected chi connectivity index (χ1v) is 5.18. The number of alkyl halides is 1. The molecule has 1 aromatic rings. The normalized spacial score (nSPS) is 8.62. The number of aryl methyl sites for hydroxylation is 1. The smallest absolute Gasteiger partial charge is 0.162 e. The van der Waals surface area contributed by atoms with Gasteiger partial charge in [-0.15, -0.1) is 0 Å². The second kappa shape index (κ2) is 7.93. The van der Waals surface area contributed by atoms with Crippen molar-refractivity contribution < 1.29 is 4.74 Å². The van der Waals surface area contributed by atoms with Gasteiger partial charge in [-0.05, 0) is 24.1 Å². The SMILES string of the molecule is CC.CCc1ccc(OCCl)cc1. The summed E-state index contributed by atoms with van der Waals surface area (Å²) in [6.45, 7) is 6.12. The molecule has 0 spiro atoms. The van der Waals surface area contributed by atoms with Crippen molar-refractivity contribution in [2.45, 2.75) is 27.2 Å². The molecule has 74 valence electrons. The van der Waals surface area contributed by atoms with Crippen molar-refractivity contribution in [3.63, 3.8) is 0 Å². The molecule has 1 nitrogen and oxygen atoms in total. The molecule has 0 N–H and O–H groups in total. The molecule has 0 fully saturated rings. The Morgan fingerprint density at radius 2 is 1.69 bits per heavy atom. The van der Waals surface area contributed by atoms with E-state index in [2.05, 4.69) is 6.92 Å². The zero-order valence-corrected chi connectivity index (χ0v) is 9.27. The number of ether oxygens (including phenoxy) is 1. The summed E-state index contributed by atoms with van der Waals surface area (Å²) in [5.41, 5.74) is 1.31. The van der Waals surface area contributed by atoms with E-state index in [0.717, 1.165) is 12.2 Å². The van der Waals surface area contributed by atoms with E-state index in [4.69, 9.17) is 16.3 Å². The lowest BCUT2D eigenvalue weighted by Crippen LogP contribution is -1.88. The molecule has 0 atom stereocenters. The zero-order chi connectivity index (χ0) is 10.1. The monoisotopic (exact) mass is 200 g/mol. The molecular weight excluding hydrogens is 184 g/mol. The molecule has 13 heavy (non-hydrogen) atoms. The molecule has 0 radical (unpaired) electrons. The molecule has 0 aromatic heterocycles. The van der Waals surface area contributed by atoms with Gasteiger partial charge in [0.1, 0.15) is 5.75 Å². The van der Waals surface area contributed by atoms with Crippen LogP contribution in [0, 0.1) is 0 Å². The Hall–Kier alpha value is -0.690. The molecule has 0 saturated heterocycles. The number of hydrogen-bond donors (Lipinski definition) is 0. The molecule has 0 saturated carbocycles. The highest BCUT2D eigenvalue weighted by atomic mass is 35.5. The molecule has 0 aliphatic carbocycles. The number of halogens is 1. The highest BCUT2D eigenvalue weighted by molar-refractivity contribution is 6.17. The Morgan fingerprint density at radius 3 is 2.08 bits per heavy atom. The van der Waals surface area contributed by atoms with E-state index in [1.807, 2.05) is 38.1 Å². The van der Waals surface area contributed by atoms with Gasteiger partial charge in [-0.2, -0.15) is 0 Å². The topological polar surface area (TPSA) is 9.23 Å². The maximum atomic E-state index is 5.39. The van der Waals surface area contributed by atoms with Crippen LogP contribution in [0.15, 0.2) is 24.3 Å². The van der Waals surface area contributed by atoms with E-state index in [0.29, 0.717) is 0 Å². The zero-order valence-electron chi connectivity index (χ0n) is 8.51. The van der Waals surface area contributed by atoms with Crippen molar-refractivity contribution in [3.8, 4) is 5.75 Å². The van der Waals surface area contributed by atoms with Crippen molar-refractivity contribution in [2.24, 2.45) is 0 Å². The molecule has 0 bridgehead atoms. The van der Waals surface area contributed by atoms with Crippen LogP contribution in [-0.4, -0.2) is 6.07 Å². The Morgan fingerprint density at radius 1 is 1.15 bits per heavy atom. The first kappa shape index (κ1) is 12.3. The average molecular weight is 201 g/mol. The van der Waals surface area contributed by atoms with Crippen molar-refractivity contribution >= 4 is 11.6 Å². The molecule has 1 aromatic carbocycles. The summed E-state index contributed by atoms with van der Waals surface area (Å²) in [4.78, 5) is 0. The number of rotatable bonds is 3. The molecule has 0 aliphatic heterocycles. The Balaban J connectivity index is 0.000000671. The minimum atomic E-state index is 0.214. The summed E-state index contributed by atoms with van der Waals surface area (Å²) in [6.07, 6.45) is 1.06. The van der Waals surface area contributed by atoms with Gasteiger partial charge in [0.25, 0.3) is 0 Å². The minimum absolute atomic E-state index is 0.214. The van der Waals surface area contributed by atoms with Gasteiger partial charge in [0.2, 0.25) is 0 Å². The van der Waals surface area contributed by atoms with E-state index in [1.54, 1.807) is 0 Å². The highest BCUT2D eigenvalue weighted by Gasteiger charge is 1.91. The second-order valence-electron chi connectivity index (χ2n) is 2.25. The van der Waals surface area contributed by atoms with Gasteiger partial charge in [0.05, 0.1) is 0 Å². The lowest BCUT2D eigenvalue weighted by atomic mass is 10.2. The van der Waals surface area contributed by atoms with E-state index in [-0.39, 0.29) is 6.07 Å². The Kier molecular flexibility index (Phi) is 7.51. The van der Waals surface area contributed by atoms with Crippen LogP contribution in [0.25, 0.3) is 0 Å². The molecular formula is C11H17ClO. The van der Waals surface area contributed by atoms with Gasteiger partial charge in [0.15, 0.2) is 6.07 Å². The summed E-state index contributed by atoms with van der Waals surface area (Å²) in [5.74, 6) is 0.831. The summed E-state index contributed by atoms with van der Waals surface area (Å²) in [5, 5.41) is 0. The van der Waals surface area contributed by atoms with Crippen LogP contribution < -0.4 is 4.74 Å². The summed E-state index contributed by atoms with van der Waals surface area (Å²) in [7, 11) is 0. The average Bonchev–Trinajstić information content (AvgIpc) is 2.23. The van der Waals surface area contributed by atoms with E-state index in [1.165, 1.54) is 5.56 Å². The van der Waals surface area contributed by atoms with Crippen LogP contribution in [0.1, 0.15) is 26.3 Å². The molecule has 0 unspecified atom stereocenters. The Bertz CT molecular complexity index is 206. The third-order valence-corrected chi connectivity index (χ3v) is 1.66. The summed E-state index contributed by atoms with van der Waals surface area (Å²) in [6, 6.07) is 8.16. The molecule has 2 heteroatoms. The van der Waals surface area contributed by atoms with Crippen LogP contribution in [0.3, 0.4) is 0 Å². The van der Waals surface area contributed by atoms with Crippen LogP contribution in [0.5, 0.6) is 5.75 Å². The van der Waals surface area contributed by atoms with E-state index in [9.17, 15) is 0 Å². The predicted octanol–water partition coefficient (Wildman–Crippen LogP) is 3.85. The Labute approximate surface area is 85.7 Å². The first-order chi connectivity index (χ1) is 6.36. The molecule has 0 amide bonds. The lowest BCUT2D eigenvalue weighted by molar-refractivity contribution is 0.388. The third kappa shape index (κ3) is 4.79. The van der Waals surface area contributed by atoms with Crippen LogP contribution in [0.4, 0.5) is 0 Å². The maximum Gasteiger partial charge on any atom is 0.162 e. The van der Waals surface area contributed by atoms with Crippen molar-refractivity contribution in [3.05, 3.63) is 29.8 Å². The van der Waals surface area contributed by atoms with Gasteiger partial charge >= 0.3 is 0 Å². The highest BCUT2D eigenvalue weighted by Crippen LogP contribution is 2.12. The van der Waals surface area contributed by atoms with Gasteiger partial charge in [-0.1, -0.05) is 44.5 Å². The summed E-state index contributed by atoms with van der Waals surface area (Å²) >= 11 is 5.39. The van der Waals surface area contributed by atoms with Crippen LogP contribution >= 0.6 is 11.6 Å². The van der Waals surface area contributed by atoms with Crippen molar-refractivity contribution in [2.75, 3.05) is 6.07 Å². The van der Waals surface area contributed by atoms with Crippen molar-refractivity contribution in [1.82, 2.24) is 0 Å². The van der Waals surface area contributed by atoms with Gasteiger partial charge < -0.3 is 4.74 Å². The van der Waals surface area contributed by atoms with Gasteiger partial charge in [-0.25, -0.2) is 0 Å². The maximum absolute atomic E-state index is 5.39. The molecule has 0 heterocycles. The third-order valence-electron chi connectivity index (χ3n) is 1.55. The number of benzene rings is 1. The largest absolute Gasteiger partial charge is 0.478 e. The fraction of sp³-hybridized carbons (Fsp3) is 0.455. The molecule has 0 aliphatic rings. The fourth-order valence-corrected chi connectivity index (χ4v) is 1.01. The first-order valence-electron chi connectivity index (χ1n) is 4.64. The molecule has 1 rings (SSSR count). The van der Waals surface area contributed by atoms with Crippen LogP contribution in [-0.2, 0) is 6.42 Å². The second-order valence-corrected chi connectivity index (χ2v) is 2.47. The van der Waals surface area contributed by atoms with E-state index < -0.39 is 0 Å². The standard InChI is InChI=1S/C9H11ClO.C2H6/c1-2-8-3-5-9(6-4-8)11-7-10;1-2/h3-6H,2,7H2,1H3;1-2H3.